The van der Waals surface area contributed by atoms with Gasteiger partial charge in [0.2, 0.25) is 5.91 Å². The fraction of sp³-hybridized carbons (Fsp3) is 0.900. The molecule has 13 heavy (non-hydrogen) atoms. The second-order valence-electron chi connectivity index (χ2n) is 3.70. The molecule has 76 valence electrons. The molecule has 0 spiro atoms. The van der Waals surface area contributed by atoms with Crippen LogP contribution in [-0.4, -0.2) is 25.0 Å². The molecule has 1 fully saturated rings. The lowest BCUT2D eigenvalue weighted by Crippen LogP contribution is -2.37. The van der Waals surface area contributed by atoms with E-state index in [9.17, 15) is 4.79 Å². The van der Waals surface area contributed by atoms with Crippen molar-refractivity contribution >= 4 is 5.91 Å². The van der Waals surface area contributed by atoms with Crippen molar-refractivity contribution in [2.45, 2.75) is 45.1 Å². The number of nitrogens with one attached hydrogen (secondary N) is 2. The van der Waals surface area contributed by atoms with Crippen LogP contribution in [0, 0.1) is 0 Å². The Morgan fingerprint density at radius 2 is 2.46 bits per heavy atom. The van der Waals surface area contributed by atoms with E-state index in [1.54, 1.807) is 0 Å². The molecule has 3 heteroatoms. The van der Waals surface area contributed by atoms with Gasteiger partial charge in [0.25, 0.3) is 0 Å². The largest absolute Gasteiger partial charge is 0.355 e. The average Bonchev–Trinajstić information content (AvgIpc) is 2.64. The molecule has 1 rings (SSSR count). The molecule has 1 aliphatic rings. The van der Waals surface area contributed by atoms with Gasteiger partial charge in [-0.05, 0) is 25.8 Å². The normalized spacial score (nSPS) is 21.8. The maximum absolute atomic E-state index is 11.2. The molecule has 0 bridgehead atoms. The minimum atomic E-state index is 0.204. The third-order valence-corrected chi connectivity index (χ3v) is 2.47. The standard InChI is InChI=1S/C10H20N2O/c1-2-3-6-10(13)12-8-9-5-4-7-11-9/h9,11H,2-8H2,1H3,(H,12,13). The van der Waals surface area contributed by atoms with E-state index in [-0.39, 0.29) is 5.91 Å². The lowest BCUT2D eigenvalue weighted by Gasteiger charge is -2.10. The van der Waals surface area contributed by atoms with E-state index in [4.69, 9.17) is 0 Å². The summed E-state index contributed by atoms with van der Waals surface area (Å²) in [5.41, 5.74) is 0. The molecule has 1 saturated heterocycles. The van der Waals surface area contributed by atoms with Gasteiger partial charge >= 0.3 is 0 Å². The molecule has 1 aliphatic heterocycles. The molecule has 3 nitrogen and oxygen atoms in total. The summed E-state index contributed by atoms with van der Waals surface area (Å²) in [6.07, 6.45) is 5.23. The van der Waals surface area contributed by atoms with Gasteiger partial charge in [0.15, 0.2) is 0 Å². The molecule has 0 aromatic rings. The van der Waals surface area contributed by atoms with Crippen LogP contribution in [0.3, 0.4) is 0 Å². The lowest BCUT2D eigenvalue weighted by molar-refractivity contribution is -0.121. The average molecular weight is 184 g/mol. The Bertz CT molecular complexity index is 153. The second-order valence-corrected chi connectivity index (χ2v) is 3.70. The van der Waals surface area contributed by atoms with E-state index in [0.29, 0.717) is 12.5 Å². The molecule has 2 N–H and O–H groups in total. The molecular weight excluding hydrogens is 164 g/mol. The number of hydrogen-bond donors (Lipinski definition) is 2. The Kier molecular flexibility index (Phi) is 4.83. The van der Waals surface area contributed by atoms with Crippen molar-refractivity contribution < 1.29 is 4.79 Å². The summed E-state index contributed by atoms with van der Waals surface area (Å²) >= 11 is 0. The number of unbranched alkanes of at least 4 members (excludes halogenated alkanes) is 1. The van der Waals surface area contributed by atoms with Crippen molar-refractivity contribution in [3.63, 3.8) is 0 Å². The highest BCUT2D eigenvalue weighted by Crippen LogP contribution is 2.03. The van der Waals surface area contributed by atoms with E-state index < -0.39 is 0 Å². The van der Waals surface area contributed by atoms with Crippen molar-refractivity contribution in [1.29, 1.82) is 0 Å². The van der Waals surface area contributed by atoms with Gasteiger partial charge in [-0.2, -0.15) is 0 Å². The van der Waals surface area contributed by atoms with Crippen molar-refractivity contribution in [3.8, 4) is 0 Å². The fourth-order valence-corrected chi connectivity index (χ4v) is 1.59. The first-order chi connectivity index (χ1) is 6.33. The number of rotatable bonds is 5. The Labute approximate surface area is 80.3 Å². The number of hydrogen-bond acceptors (Lipinski definition) is 2. The van der Waals surface area contributed by atoms with Crippen molar-refractivity contribution in [3.05, 3.63) is 0 Å². The number of amides is 1. The Balaban J connectivity index is 2.00. The number of carbonyl (C=O) groups is 1. The molecular formula is C10H20N2O. The van der Waals surface area contributed by atoms with Crippen LogP contribution in [0.2, 0.25) is 0 Å². The van der Waals surface area contributed by atoms with E-state index in [0.717, 1.165) is 25.9 Å². The highest BCUT2D eigenvalue weighted by molar-refractivity contribution is 5.75. The van der Waals surface area contributed by atoms with Gasteiger partial charge < -0.3 is 10.6 Å². The highest BCUT2D eigenvalue weighted by Gasteiger charge is 2.13. The smallest absolute Gasteiger partial charge is 0.220 e. The van der Waals surface area contributed by atoms with Gasteiger partial charge in [-0.15, -0.1) is 0 Å². The van der Waals surface area contributed by atoms with Gasteiger partial charge in [-0.3, -0.25) is 4.79 Å². The second kappa shape index (κ2) is 5.97. The van der Waals surface area contributed by atoms with Crippen LogP contribution >= 0.6 is 0 Å². The van der Waals surface area contributed by atoms with Crippen LogP contribution in [0.5, 0.6) is 0 Å². The van der Waals surface area contributed by atoms with Crippen LogP contribution in [0.25, 0.3) is 0 Å². The topological polar surface area (TPSA) is 41.1 Å². The van der Waals surface area contributed by atoms with Crippen molar-refractivity contribution in [2.24, 2.45) is 0 Å². The molecule has 0 saturated carbocycles. The quantitative estimate of drug-likeness (QED) is 0.670. The minimum Gasteiger partial charge on any atom is -0.355 e. The van der Waals surface area contributed by atoms with Gasteiger partial charge in [0.05, 0.1) is 0 Å². The summed E-state index contributed by atoms with van der Waals surface area (Å²) in [6, 6.07) is 0.519. The van der Waals surface area contributed by atoms with E-state index >= 15 is 0 Å². The number of carbonyl (C=O) groups excluding carboxylic acids is 1. The Hall–Kier alpha value is -0.570. The summed E-state index contributed by atoms with van der Waals surface area (Å²) in [6.45, 7) is 4.02. The SMILES string of the molecule is CCCCC(=O)NCC1CCCN1. The molecule has 1 atom stereocenters. The van der Waals surface area contributed by atoms with E-state index in [1.165, 1.54) is 12.8 Å². The summed E-state index contributed by atoms with van der Waals surface area (Å²) < 4.78 is 0. The lowest BCUT2D eigenvalue weighted by atomic mass is 10.2. The molecule has 1 unspecified atom stereocenters. The first kappa shape index (κ1) is 10.5. The maximum Gasteiger partial charge on any atom is 0.220 e. The van der Waals surface area contributed by atoms with Gasteiger partial charge in [-0.1, -0.05) is 13.3 Å². The van der Waals surface area contributed by atoms with Crippen LogP contribution in [0.15, 0.2) is 0 Å². The molecule has 0 aromatic heterocycles. The molecule has 1 heterocycles. The van der Waals surface area contributed by atoms with Crippen LogP contribution in [0.4, 0.5) is 0 Å². The molecule has 0 radical (unpaired) electrons. The summed E-state index contributed by atoms with van der Waals surface area (Å²) in [5.74, 6) is 0.204. The first-order valence-electron chi connectivity index (χ1n) is 5.33. The zero-order chi connectivity index (χ0) is 9.52. The van der Waals surface area contributed by atoms with Crippen molar-refractivity contribution in [2.75, 3.05) is 13.1 Å². The summed E-state index contributed by atoms with van der Waals surface area (Å²) in [7, 11) is 0. The zero-order valence-electron chi connectivity index (χ0n) is 8.44. The third-order valence-electron chi connectivity index (χ3n) is 2.47. The van der Waals surface area contributed by atoms with Crippen LogP contribution in [0.1, 0.15) is 39.0 Å². The van der Waals surface area contributed by atoms with Gasteiger partial charge in [0, 0.05) is 19.0 Å². The molecule has 0 aromatic carbocycles. The van der Waals surface area contributed by atoms with Crippen LogP contribution in [-0.2, 0) is 4.79 Å². The fourth-order valence-electron chi connectivity index (χ4n) is 1.59. The maximum atomic E-state index is 11.2. The summed E-state index contributed by atoms with van der Waals surface area (Å²) in [4.78, 5) is 11.2. The Morgan fingerprint density at radius 1 is 1.62 bits per heavy atom. The van der Waals surface area contributed by atoms with Crippen molar-refractivity contribution in [1.82, 2.24) is 10.6 Å². The minimum absolute atomic E-state index is 0.204. The van der Waals surface area contributed by atoms with E-state index in [2.05, 4.69) is 17.6 Å². The molecule has 1 amide bonds. The van der Waals surface area contributed by atoms with E-state index in [1.807, 2.05) is 0 Å². The first-order valence-corrected chi connectivity index (χ1v) is 5.33. The predicted molar refractivity (Wildman–Crippen MR) is 53.6 cm³/mol. The third kappa shape index (κ3) is 4.27. The van der Waals surface area contributed by atoms with Crippen LogP contribution < -0.4 is 10.6 Å². The Morgan fingerprint density at radius 3 is 3.08 bits per heavy atom. The predicted octanol–water partition coefficient (Wildman–Crippen LogP) is 1.04. The monoisotopic (exact) mass is 184 g/mol. The zero-order valence-corrected chi connectivity index (χ0v) is 8.44. The van der Waals surface area contributed by atoms with Gasteiger partial charge in [-0.25, -0.2) is 0 Å². The molecule has 0 aliphatic carbocycles. The van der Waals surface area contributed by atoms with Gasteiger partial charge in [0.1, 0.15) is 0 Å². The summed E-state index contributed by atoms with van der Waals surface area (Å²) in [5, 5.41) is 6.31. The highest BCUT2D eigenvalue weighted by atomic mass is 16.1.